The lowest BCUT2D eigenvalue weighted by Crippen LogP contribution is -2.10. The van der Waals surface area contributed by atoms with Crippen LogP contribution in [0.5, 0.6) is 5.75 Å². The lowest BCUT2D eigenvalue weighted by atomic mass is 10.2. The Bertz CT molecular complexity index is 418. The van der Waals surface area contributed by atoms with Gasteiger partial charge in [0.15, 0.2) is 5.75 Å². The Labute approximate surface area is 82.1 Å². The molecule has 0 unspecified atom stereocenters. The monoisotopic (exact) mass is 187 g/mol. The van der Waals surface area contributed by atoms with Crippen molar-refractivity contribution >= 4 is 11.6 Å². The zero-order valence-electron chi connectivity index (χ0n) is 7.54. The number of terminal acetylenes is 1. The van der Waals surface area contributed by atoms with Crippen LogP contribution in [0.25, 0.3) is 0 Å². The third-order valence-corrected chi connectivity index (χ3v) is 2.02. The molecule has 14 heavy (non-hydrogen) atoms. The molecular weight excluding hydrogens is 178 g/mol. The minimum Gasteiger partial charge on any atom is -0.490 e. The van der Waals surface area contributed by atoms with E-state index >= 15 is 0 Å². The van der Waals surface area contributed by atoms with E-state index in [2.05, 4.69) is 11.2 Å². The highest BCUT2D eigenvalue weighted by Gasteiger charge is 2.15. The Morgan fingerprint density at radius 3 is 3.14 bits per heavy atom. The quantitative estimate of drug-likeness (QED) is 0.623. The fourth-order valence-electron chi connectivity index (χ4n) is 1.36. The van der Waals surface area contributed by atoms with Gasteiger partial charge in [-0.1, -0.05) is 12.0 Å². The zero-order valence-corrected chi connectivity index (χ0v) is 7.54. The molecule has 0 atom stereocenters. The second-order valence-corrected chi connectivity index (χ2v) is 2.97. The van der Waals surface area contributed by atoms with Crippen LogP contribution >= 0.6 is 0 Å². The highest BCUT2D eigenvalue weighted by molar-refractivity contribution is 5.93. The summed E-state index contributed by atoms with van der Waals surface area (Å²) in [5.74, 6) is 3.08. The van der Waals surface area contributed by atoms with Gasteiger partial charge in [-0.15, -0.1) is 6.42 Å². The van der Waals surface area contributed by atoms with Gasteiger partial charge in [0.25, 0.3) is 0 Å². The first-order valence-corrected chi connectivity index (χ1v) is 4.33. The van der Waals surface area contributed by atoms with Gasteiger partial charge in [-0.2, -0.15) is 0 Å². The number of amides is 1. The van der Waals surface area contributed by atoms with E-state index in [1.54, 1.807) is 18.2 Å². The number of ether oxygens (including phenoxy) is 1. The molecule has 1 N–H and O–H groups in total. The Hall–Kier alpha value is -1.95. The van der Waals surface area contributed by atoms with E-state index in [9.17, 15) is 4.79 Å². The topological polar surface area (TPSA) is 38.3 Å². The smallest absolute Gasteiger partial charge is 0.227 e. The van der Waals surface area contributed by atoms with Gasteiger partial charge >= 0.3 is 0 Å². The average molecular weight is 187 g/mol. The summed E-state index contributed by atoms with van der Waals surface area (Å²) in [6, 6.07) is 5.36. The van der Waals surface area contributed by atoms with Crippen molar-refractivity contribution in [2.45, 2.75) is 6.42 Å². The molecule has 2 rings (SSSR count). The second kappa shape index (κ2) is 3.43. The van der Waals surface area contributed by atoms with Crippen LogP contribution in [-0.4, -0.2) is 12.5 Å². The largest absolute Gasteiger partial charge is 0.490 e. The van der Waals surface area contributed by atoms with Crippen LogP contribution in [0, 0.1) is 12.3 Å². The molecular formula is C11H9NO2. The van der Waals surface area contributed by atoms with Crippen molar-refractivity contribution in [1.82, 2.24) is 0 Å². The fourth-order valence-corrected chi connectivity index (χ4v) is 1.36. The summed E-state index contributed by atoms with van der Waals surface area (Å²) < 4.78 is 5.42. The Morgan fingerprint density at radius 1 is 1.50 bits per heavy atom. The van der Waals surface area contributed by atoms with Crippen LogP contribution < -0.4 is 10.1 Å². The van der Waals surface area contributed by atoms with E-state index in [1.807, 2.05) is 0 Å². The standard InChI is InChI=1S/C11H9NO2/c1-2-8-4-3-5-9-11(8)14-7-6-10(13)12-9/h1,3-5H,6-7H2,(H,12,13). The van der Waals surface area contributed by atoms with E-state index in [1.165, 1.54) is 0 Å². The van der Waals surface area contributed by atoms with Crippen LogP contribution in [0.2, 0.25) is 0 Å². The minimum absolute atomic E-state index is 0.0436. The van der Waals surface area contributed by atoms with Gasteiger partial charge in [0.05, 0.1) is 24.3 Å². The summed E-state index contributed by atoms with van der Waals surface area (Å²) in [7, 11) is 0. The molecule has 0 radical (unpaired) electrons. The number of hydrogen-bond donors (Lipinski definition) is 1. The van der Waals surface area contributed by atoms with Crippen molar-refractivity contribution in [3.63, 3.8) is 0 Å². The fraction of sp³-hybridized carbons (Fsp3) is 0.182. The molecule has 0 aromatic heterocycles. The minimum atomic E-state index is -0.0436. The lowest BCUT2D eigenvalue weighted by molar-refractivity contribution is -0.116. The van der Waals surface area contributed by atoms with Crippen molar-refractivity contribution < 1.29 is 9.53 Å². The molecule has 70 valence electrons. The molecule has 0 saturated carbocycles. The predicted octanol–water partition coefficient (Wildman–Crippen LogP) is 1.39. The SMILES string of the molecule is C#Cc1cccc2c1OCCC(=O)N2. The number of hydrogen-bond acceptors (Lipinski definition) is 2. The highest BCUT2D eigenvalue weighted by Crippen LogP contribution is 2.30. The molecule has 0 spiro atoms. The van der Waals surface area contributed by atoms with E-state index in [0.717, 1.165) is 0 Å². The third-order valence-electron chi connectivity index (χ3n) is 2.02. The predicted molar refractivity (Wildman–Crippen MR) is 53.1 cm³/mol. The van der Waals surface area contributed by atoms with Crippen LogP contribution in [0.3, 0.4) is 0 Å². The van der Waals surface area contributed by atoms with Crippen LogP contribution in [0.1, 0.15) is 12.0 Å². The van der Waals surface area contributed by atoms with Gasteiger partial charge in [-0.3, -0.25) is 4.79 Å². The highest BCUT2D eigenvalue weighted by atomic mass is 16.5. The number of para-hydroxylation sites is 1. The first kappa shape index (κ1) is 8.64. The molecule has 3 nitrogen and oxygen atoms in total. The lowest BCUT2D eigenvalue weighted by Gasteiger charge is -2.08. The molecule has 1 aliphatic heterocycles. The van der Waals surface area contributed by atoms with Crippen LogP contribution in [0.15, 0.2) is 18.2 Å². The summed E-state index contributed by atoms with van der Waals surface area (Å²) in [6.07, 6.45) is 5.68. The molecule has 3 heteroatoms. The maximum Gasteiger partial charge on any atom is 0.227 e. The average Bonchev–Trinajstić information content (AvgIpc) is 2.37. The first-order valence-electron chi connectivity index (χ1n) is 4.33. The van der Waals surface area contributed by atoms with E-state index in [0.29, 0.717) is 30.0 Å². The van der Waals surface area contributed by atoms with Gasteiger partial charge in [-0.05, 0) is 12.1 Å². The molecule has 1 heterocycles. The molecule has 0 aliphatic carbocycles. The number of carbonyl (C=O) groups is 1. The Balaban J connectivity index is 2.50. The molecule has 1 aromatic carbocycles. The normalized spacial score (nSPS) is 14.4. The summed E-state index contributed by atoms with van der Waals surface area (Å²) in [5, 5.41) is 2.74. The van der Waals surface area contributed by atoms with Gasteiger partial charge in [0.1, 0.15) is 0 Å². The van der Waals surface area contributed by atoms with Crippen molar-refractivity contribution in [3.8, 4) is 18.1 Å². The Kier molecular flexibility index (Phi) is 2.11. The molecule has 1 aliphatic rings. The molecule has 0 bridgehead atoms. The van der Waals surface area contributed by atoms with Crippen LogP contribution in [0.4, 0.5) is 5.69 Å². The van der Waals surface area contributed by atoms with Crippen molar-refractivity contribution in [3.05, 3.63) is 23.8 Å². The summed E-state index contributed by atoms with van der Waals surface area (Å²) in [4.78, 5) is 11.2. The van der Waals surface area contributed by atoms with Gasteiger partial charge in [0.2, 0.25) is 5.91 Å². The number of fused-ring (bicyclic) bond motifs is 1. The van der Waals surface area contributed by atoms with Gasteiger partial charge in [0, 0.05) is 0 Å². The molecule has 1 amide bonds. The summed E-state index contributed by atoms with van der Waals surface area (Å²) >= 11 is 0. The molecule has 0 fully saturated rings. The number of anilines is 1. The molecule has 1 aromatic rings. The first-order chi connectivity index (χ1) is 6.81. The molecule has 0 saturated heterocycles. The third kappa shape index (κ3) is 1.42. The number of carbonyl (C=O) groups excluding carboxylic acids is 1. The maximum atomic E-state index is 11.2. The van der Waals surface area contributed by atoms with E-state index < -0.39 is 0 Å². The number of rotatable bonds is 0. The Morgan fingerprint density at radius 2 is 2.36 bits per heavy atom. The van der Waals surface area contributed by atoms with Crippen molar-refractivity contribution in [2.24, 2.45) is 0 Å². The van der Waals surface area contributed by atoms with E-state index in [-0.39, 0.29) is 5.91 Å². The summed E-state index contributed by atoms with van der Waals surface area (Å²) in [6.45, 7) is 0.373. The van der Waals surface area contributed by atoms with E-state index in [4.69, 9.17) is 11.2 Å². The summed E-state index contributed by atoms with van der Waals surface area (Å²) in [5.41, 5.74) is 1.33. The zero-order chi connectivity index (χ0) is 9.97. The van der Waals surface area contributed by atoms with Gasteiger partial charge in [-0.25, -0.2) is 0 Å². The van der Waals surface area contributed by atoms with Crippen molar-refractivity contribution in [2.75, 3.05) is 11.9 Å². The van der Waals surface area contributed by atoms with Crippen molar-refractivity contribution in [1.29, 1.82) is 0 Å². The van der Waals surface area contributed by atoms with Crippen LogP contribution in [-0.2, 0) is 4.79 Å². The maximum absolute atomic E-state index is 11.2. The number of benzene rings is 1. The van der Waals surface area contributed by atoms with Gasteiger partial charge < -0.3 is 10.1 Å². The number of nitrogens with one attached hydrogen (secondary N) is 1. The second-order valence-electron chi connectivity index (χ2n) is 2.97.